The highest BCUT2D eigenvalue weighted by molar-refractivity contribution is 8.00. The first-order valence-corrected chi connectivity index (χ1v) is 10.3. The van der Waals surface area contributed by atoms with E-state index in [1.165, 1.54) is 44.2 Å². The maximum absolute atomic E-state index is 12.2. The van der Waals surface area contributed by atoms with Gasteiger partial charge in [-0.05, 0) is 31.0 Å². The fraction of sp³-hybridized carbons (Fsp3) is 0.571. The van der Waals surface area contributed by atoms with Gasteiger partial charge >= 0.3 is 0 Å². The highest BCUT2D eigenvalue weighted by Gasteiger charge is 2.18. The summed E-state index contributed by atoms with van der Waals surface area (Å²) < 4.78 is 27.0. The molecule has 1 saturated carbocycles. The van der Waals surface area contributed by atoms with Crippen LogP contribution < -0.4 is 4.72 Å². The second-order valence-corrected chi connectivity index (χ2v) is 9.09. The minimum atomic E-state index is -3.60. The van der Waals surface area contributed by atoms with E-state index >= 15 is 0 Å². The van der Waals surface area contributed by atoms with Gasteiger partial charge in [-0.3, -0.25) is 0 Å². The summed E-state index contributed by atoms with van der Waals surface area (Å²) in [6.45, 7) is 0.409. The molecule has 1 aliphatic carbocycles. The molecule has 0 aliphatic heterocycles. The van der Waals surface area contributed by atoms with Crippen LogP contribution in [0, 0.1) is 0 Å². The van der Waals surface area contributed by atoms with Gasteiger partial charge < -0.3 is 0 Å². The van der Waals surface area contributed by atoms with Gasteiger partial charge in [0.15, 0.2) is 0 Å². The molecule has 21 heavy (non-hydrogen) atoms. The van der Waals surface area contributed by atoms with Gasteiger partial charge in [-0.15, -0.1) is 0 Å². The Morgan fingerprint density at radius 2 is 1.90 bits per heavy atom. The minimum Gasteiger partial charge on any atom is -0.210 e. The van der Waals surface area contributed by atoms with E-state index in [9.17, 15) is 8.42 Å². The molecule has 1 aromatic rings. The van der Waals surface area contributed by atoms with E-state index in [-0.39, 0.29) is 9.92 Å². The molecule has 1 aliphatic rings. The van der Waals surface area contributed by atoms with Crippen LogP contribution in [0.15, 0.2) is 23.1 Å². The number of benzene rings is 1. The topological polar surface area (TPSA) is 46.2 Å². The number of halogens is 2. The Labute approximate surface area is 140 Å². The van der Waals surface area contributed by atoms with Crippen LogP contribution in [0.5, 0.6) is 0 Å². The zero-order valence-electron chi connectivity index (χ0n) is 11.6. The normalized spacial score (nSPS) is 17.0. The van der Waals surface area contributed by atoms with Crippen molar-refractivity contribution in [1.82, 2.24) is 4.72 Å². The van der Waals surface area contributed by atoms with Crippen LogP contribution in [-0.4, -0.2) is 26.0 Å². The van der Waals surface area contributed by atoms with E-state index in [0.29, 0.717) is 16.8 Å². The van der Waals surface area contributed by atoms with Gasteiger partial charge in [0.05, 0.1) is 5.02 Å². The molecule has 0 radical (unpaired) electrons. The molecule has 0 atom stereocenters. The first-order valence-electron chi connectivity index (χ1n) is 7.05. The van der Waals surface area contributed by atoms with Crippen molar-refractivity contribution in [2.75, 3.05) is 12.3 Å². The number of thioether (sulfide) groups is 1. The highest BCUT2D eigenvalue weighted by atomic mass is 35.5. The molecule has 7 heteroatoms. The lowest BCUT2D eigenvalue weighted by atomic mass is 10.0. The largest absolute Gasteiger partial charge is 0.242 e. The smallest absolute Gasteiger partial charge is 0.210 e. The average molecular weight is 368 g/mol. The lowest BCUT2D eigenvalue weighted by molar-refractivity contribution is 0.516. The van der Waals surface area contributed by atoms with Crippen LogP contribution in [0.25, 0.3) is 0 Å². The molecule has 118 valence electrons. The first kappa shape index (κ1) is 17.4. The molecule has 2 rings (SSSR count). The number of rotatable bonds is 6. The second-order valence-electron chi connectivity index (χ2n) is 5.10. The predicted octanol–water partition coefficient (Wildman–Crippen LogP) is 4.34. The van der Waals surface area contributed by atoms with Crippen molar-refractivity contribution in [2.45, 2.75) is 42.2 Å². The van der Waals surface area contributed by atoms with Crippen molar-refractivity contribution in [2.24, 2.45) is 0 Å². The Morgan fingerprint density at radius 1 is 1.19 bits per heavy atom. The molecular formula is C14H19Cl2NO2S2. The summed E-state index contributed by atoms with van der Waals surface area (Å²) in [7, 11) is -3.60. The monoisotopic (exact) mass is 367 g/mol. The van der Waals surface area contributed by atoms with Crippen LogP contribution >= 0.6 is 35.0 Å². The zero-order valence-corrected chi connectivity index (χ0v) is 14.8. The standard InChI is InChI=1S/C14H19Cl2NO2S2/c15-11-6-7-13(16)14(10-11)21(18,19)17-8-9-20-12-4-2-1-3-5-12/h6-7,10,12,17H,1-5,8-9H2. The summed E-state index contributed by atoms with van der Waals surface area (Å²) in [4.78, 5) is 0.0410. The van der Waals surface area contributed by atoms with E-state index in [0.717, 1.165) is 5.75 Å². The fourth-order valence-electron chi connectivity index (χ4n) is 2.39. The molecule has 0 unspecified atom stereocenters. The highest BCUT2D eigenvalue weighted by Crippen LogP contribution is 2.28. The van der Waals surface area contributed by atoms with E-state index in [2.05, 4.69) is 4.72 Å². The van der Waals surface area contributed by atoms with Gasteiger partial charge in [0, 0.05) is 22.6 Å². The summed E-state index contributed by atoms with van der Waals surface area (Å²) in [6, 6.07) is 4.44. The molecule has 1 aromatic carbocycles. The number of hydrogen-bond acceptors (Lipinski definition) is 3. The molecule has 1 fully saturated rings. The average Bonchev–Trinajstić information content (AvgIpc) is 2.47. The van der Waals surface area contributed by atoms with E-state index in [1.54, 1.807) is 6.07 Å². The van der Waals surface area contributed by atoms with Gasteiger partial charge in [0.1, 0.15) is 4.90 Å². The Hall–Kier alpha value is 0.0600. The third kappa shape index (κ3) is 5.32. The van der Waals surface area contributed by atoms with Crippen molar-refractivity contribution in [3.63, 3.8) is 0 Å². The number of nitrogens with one attached hydrogen (secondary N) is 1. The van der Waals surface area contributed by atoms with Crippen LogP contribution in [0.1, 0.15) is 32.1 Å². The molecule has 1 N–H and O–H groups in total. The molecule has 0 heterocycles. The maximum atomic E-state index is 12.2. The Balaban J connectivity index is 1.85. The lowest BCUT2D eigenvalue weighted by Crippen LogP contribution is -2.27. The van der Waals surface area contributed by atoms with Crippen LogP contribution in [0.2, 0.25) is 10.0 Å². The molecule has 0 saturated heterocycles. The van der Waals surface area contributed by atoms with Gasteiger partial charge in [-0.2, -0.15) is 11.8 Å². The fourth-order valence-corrected chi connectivity index (χ4v) is 5.54. The van der Waals surface area contributed by atoms with Crippen LogP contribution in [0.4, 0.5) is 0 Å². The minimum absolute atomic E-state index is 0.0410. The summed E-state index contributed by atoms with van der Waals surface area (Å²) in [5.41, 5.74) is 0. The predicted molar refractivity (Wildman–Crippen MR) is 91.0 cm³/mol. The molecule has 0 amide bonds. The number of hydrogen-bond donors (Lipinski definition) is 1. The van der Waals surface area contributed by atoms with Crippen molar-refractivity contribution in [1.29, 1.82) is 0 Å². The lowest BCUT2D eigenvalue weighted by Gasteiger charge is -2.20. The Morgan fingerprint density at radius 3 is 2.62 bits per heavy atom. The molecular weight excluding hydrogens is 349 g/mol. The SMILES string of the molecule is O=S(=O)(NCCSC1CCCCC1)c1cc(Cl)ccc1Cl. The second kappa shape index (κ2) is 8.06. The van der Waals surface area contributed by atoms with Crippen LogP contribution in [0.3, 0.4) is 0 Å². The maximum Gasteiger partial charge on any atom is 0.242 e. The van der Waals surface area contributed by atoms with Gasteiger partial charge in [0.25, 0.3) is 0 Å². The molecule has 3 nitrogen and oxygen atoms in total. The summed E-state index contributed by atoms with van der Waals surface area (Å²) in [5.74, 6) is 0.780. The molecule has 0 spiro atoms. The van der Waals surface area contributed by atoms with Gasteiger partial charge in [-0.25, -0.2) is 13.1 Å². The first-order chi connectivity index (χ1) is 9.99. The number of sulfonamides is 1. The third-order valence-corrected chi connectivity index (χ3v) is 7.04. The van der Waals surface area contributed by atoms with E-state index in [1.807, 2.05) is 11.8 Å². The summed E-state index contributed by atoms with van der Waals surface area (Å²) >= 11 is 13.6. The summed E-state index contributed by atoms with van der Waals surface area (Å²) in [5, 5.41) is 1.22. The van der Waals surface area contributed by atoms with Crippen molar-refractivity contribution in [3.05, 3.63) is 28.2 Å². The van der Waals surface area contributed by atoms with Crippen molar-refractivity contribution in [3.8, 4) is 0 Å². The van der Waals surface area contributed by atoms with E-state index < -0.39 is 10.0 Å². The Bertz CT molecular complexity index is 572. The quantitative estimate of drug-likeness (QED) is 0.760. The third-order valence-electron chi connectivity index (χ3n) is 3.48. The molecule has 0 bridgehead atoms. The van der Waals surface area contributed by atoms with E-state index in [4.69, 9.17) is 23.2 Å². The van der Waals surface area contributed by atoms with Gasteiger partial charge in [0.2, 0.25) is 10.0 Å². The van der Waals surface area contributed by atoms with Crippen molar-refractivity contribution < 1.29 is 8.42 Å². The van der Waals surface area contributed by atoms with Gasteiger partial charge in [-0.1, -0.05) is 42.5 Å². The van der Waals surface area contributed by atoms with Crippen LogP contribution in [-0.2, 0) is 10.0 Å². The zero-order chi connectivity index (χ0) is 15.3. The van der Waals surface area contributed by atoms with Crippen molar-refractivity contribution >= 4 is 45.0 Å². The Kier molecular flexibility index (Phi) is 6.69. The molecule has 0 aromatic heterocycles. The summed E-state index contributed by atoms with van der Waals surface area (Å²) in [6.07, 6.45) is 6.41.